The first-order valence-corrected chi connectivity index (χ1v) is 14.9. The van der Waals surface area contributed by atoms with E-state index in [1.807, 2.05) is 17.9 Å². The number of anilines is 1. The van der Waals surface area contributed by atoms with E-state index in [1.165, 1.54) is 6.20 Å². The van der Waals surface area contributed by atoms with Crippen LogP contribution in [-0.2, 0) is 0 Å². The first kappa shape index (κ1) is 24.9. The van der Waals surface area contributed by atoms with Crippen molar-refractivity contribution in [2.24, 2.45) is 0 Å². The summed E-state index contributed by atoms with van der Waals surface area (Å²) in [6.07, 6.45) is 4.08. The van der Waals surface area contributed by atoms with Crippen LogP contribution in [0.25, 0.3) is 33.1 Å². The van der Waals surface area contributed by atoms with Crippen molar-refractivity contribution < 1.29 is 20.6 Å². The summed E-state index contributed by atoms with van der Waals surface area (Å²) in [7, 11) is 0. The molecule has 7 heterocycles. The Morgan fingerprint density at radius 2 is 2.02 bits per heavy atom. The molecule has 43 heavy (non-hydrogen) atoms. The smallest absolute Gasteiger partial charge is 0.319 e. The molecular weight excluding hydrogens is 581 g/mol. The van der Waals surface area contributed by atoms with Crippen molar-refractivity contribution in [1.82, 2.24) is 35.4 Å². The summed E-state index contributed by atoms with van der Waals surface area (Å²) in [5.41, 5.74) is 0.182. The summed E-state index contributed by atoms with van der Waals surface area (Å²) in [6, 6.07) is 1.91. The lowest BCUT2D eigenvalue weighted by Gasteiger charge is -2.34. The van der Waals surface area contributed by atoms with Gasteiger partial charge < -0.3 is 15.0 Å². The number of fused-ring (bicyclic) bond motifs is 5. The Kier molecular flexibility index (Phi) is 5.81. The number of hydrogen-bond acceptors (Lipinski definition) is 8. The van der Waals surface area contributed by atoms with E-state index in [2.05, 4.69) is 30.5 Å². The van der Waals surface area contributed by atoms with Crippen LogP contribution in [0.3, 0.4) is 0 Å². The number of nitrogens with zero attached hydrogens (tertiary/aromatic N) is 6. The number of aromatic amines is 1. The van der Waals surface area contributed by atoms with E-state index in [-0.39, 0.29) is 47.8 Å². The molecule has 4 fully saturated rings. The van der Waals surface area contributed by atoms with Crippen LogP contribution in [0.5, 0.6) is 6.01 Å². The topological polar surface area (TPSA) is 95.1 Å². The van der Waals surface area contributed by atoms with Crippen LogP contribution in [-0.4, -0.2) is 80.4 Å². The van der Waals surface area contributed by atoms with Crippen LogP contribution in [0.15, 0.2) is 30.1 Å². The highest BCUT2D eigenvalue weighted by molar-refractivity contribution is 6.35. The van der Waals surface area contributed by atoms with E-state index < -0.39 is 24.0 Å². The number of H-pyrrole nitrogens is 1. The summed E-state index contributed by atoms with van der Waals surface area (Å²) in [5.74, 6) is -0.380. The molecule has 0 spiro atoms. The monoisotopic (exact) mass is 612 g/mol. The second kappa shape index (κ2) is 10.0. The van der Waals surface area contributed by atoms with Crippen LogP contribution in [0, 0.1) is 12.7 Å². The minimum atomic E-state index is -2.46. The number of pyridine rings is 1. The van der Waals surface area contributed by atoms with Gasteiger partial charge in [-0.25, -0.2) is 4.39 Å². The average molecular weight is 613 g/mol. The van der Waals surface area contributed by atoms with Crippen molar-refractivity contribution in [3.8, 4) is 17.3 Å². The van der Waals surface area contributed by atoms with Gasteiger partial charge in [0.2, 0.25) is 0 Å². The lowest BCUT2D eigenvalue weighted by atomic mass is 9.94. The van der Waals surface area contributed by atoms with E-state index >= 15 is 4.39 Å². The molecule has 3 aromatic heterocycles. The SMILES string of the molecule is [2H]C([2H])(Oc1nc(N2C[C@H]3CC[C@@H](C2)N3)c2cnc(-c3c(Cl)c(C)cc4[nH]ncc34)c(F)c2n1)C12CCCN1CC(=C(F)F)C2. The van der Waals surface area contributed by atoms with Gasteiger partial charge in [-0.1, -0.05) is 11.6 Å². The minimum absolute atomic E-state index is 0.0258. The molecule has 4 aliphatic heterocycles. The molecule has 0 radical (unpaired) electrons. The highest BCUT2D eigenvalue weighted by atomic mass is 35.5. The first-order valence-electron chi connectivity index (χ1n) is 15.5. The molecule has 0 aliphatic carbocycles. The van der Waals surface area contributed by atoms with Crippen LogP contribution < -0.4 is 15.0 Å². The van der Waals surface area contributed by atoms with Crippen molar-refractivity contribution in [2.45, 2.75) is 56.7 Å². The number of aromatic nitrogens is 5. The van der Waals surface area contributed by atoms with Gasteiger partial charge in [-0.2, -0.15) is 23.8 Å². The second-order valence-corrected chi connectivity index (χ2v) is 12.4. The van der Waals surface area contributed by atoms with Crippen molar-refractivity contribution in [1.29, 1.82) is 0 Å². The lowest BCUT2D eigenvalue weighted by Crippen LogP contribution is -2.51. The number of nitrogens with one attached hydrogen (secondary N) is 2. The normalized spacial score (nSPS) is 26.3. The van der Waals surface area contributed by atoms with E-state index in [0.29, 0.717) is 70.7 Å². The molecule has 2 bridgehead atoms. The van der Waals surface area contributed by atoms with Gasteiger partial charge in [0, 0.05) is 54.4 Å². The molecule has 1 aromatic carbocycles. The van der Waals surface area contributed by atoms with Gasteiger partial charge >= 0.3 is 6.01 Å². The molecule has 13 heteroatoms. The molecule has 3 atom stereocenters. The average Bonchev–Trinajstić information content (AvgIpc) is 3.78. The fourth-order valence-corrected chi connectivity index (χ4v) is 7.55. The van der Waals surface area contributed by atoms with Crippen LogP contribution >= 0.6 is 11.6 Å². The number of aryl methyl sites for hydroxylation is 1. The van der Waals surface area contributed by atoms with Gasteiger partial charge in [-0.15, -0.1) is 0 Å². The Bertz CT molecular complexity index is 1890. The third kappa shape index (κ3) is 4.36. The maximum atomic E-state index is 16.8. The summed E-state index contributed by atoms with van der Waals surface area (Å²) >= 11 is 6.72. The van der Waals surface area contributed by atoms with Crippen molar-refractivity contribution in [3.63, 3.8) is 0 Å². The Balaban J connectivity index is 1.28. The molecule has 0 saturated carbocycles. The Labute approximate surface area is 253 Å². The number of rotatable bonds is 5. The van der Waals surface area contributed by atoms with Gasteiger partial charge in [0.1, 0.15) is 23.6 Å². The maximum Gasteiger partial charge on any atom is 0.319 e. The number of hydrogen-bond donors (Lipinski definition) is 2. The van der Waals surface area contributed by atoms with Gasteiger partial charge in [-0.05, 0) is 57.2 Å². The molecule has 4 saturated heterocycles. The predicted octanol–water partition coefficient (Wildman–Crippen LogP) is 5.38. The molecule has 4 aromatic rings. The summed E-state index contributed by atoms with van der Waals surface area (Å²) < 4.78 is 68.2. The zero-order valence-corrected chi connectivity index (χ0v) is 24.1. The molecule has 8 rings (SSSR count). The Morgan fingerprint density at radius 1 is 1.21 bits per heavy atom. The van der Waals surface area contributed by atoms with E-state index in [1.54, 1.807) is 11.1 Å². The van der Waals surface area contributed by atoms with E-state index in [0.717, 1.165) is 12.8 Å². The van der Waals surface area contributed by atoms with Crippen molar-refractivity contribution in [3.05, 3.63) is 46.5 Å². The van der Waals surface area contributed by atoms with Crippen molar-refractivity contribution >= 4 is 39.2 Å². The fraction of sp³-hybridized carbons (Fsp3) is 0.467. The molecule has 224 valence electrons. The lowest BCUT2D eigenvalue weighted by molar-refractivity contribution is 0.108. The number of halogens is 4. The molecule has 2 N–H and O–H groups in total. The molecule has 9 nitrogen and oxygen atoms in total. The standard InChI is InChI=1S/C30H30ClF3N8O/c1-15-7-21-19(10-36-40-21)22(23(15)31)26-24(32)25-20(9-35-26)28(41-12-17-3-4-18(13-41)37-17)39-29(38-25)43-14-30-5-2-6-42(30)11-16(8-30)27(33)34/h7,9-10,17-18,37H,2-6,8,11-14H2,1H3,(H,36,40)/t17-,18+,30?/i14D2. The van der Waals surface area contributed by atoms with E-state index in [4.69, 9.17) is 19.1 Å². The third-order valence-electron chi connectivity index (χ3n) is 9.37. The predicted molar refractivity (Wildman–Crippen MR) is 157 cm³/mol. The number of piperazine rings is 1. The number of ether oxygens (including phenoxy) is 1. The zero-order valence-electron chi connectivity index (χ0n) is 25.4. The molecular formula is C30H30ClF3N8O. The number of benzene rings is 1. The van der Waals surface area contributed by atoms with E-state index in [9.17, 15) is 8.78 Å². The largest absolute Gasteiger partial charge is 0.461 e. The quantitative estimate of drug-likeness (QED) is 0.310. The Morgan fingerprint density at radius 3 is 2.81 bits per heavy atom. The Hall–Kier alpha value is -3.48. The van der Waals surface area contributed by atoms with Gasteiger partial charge in [0.25, 0.3) is 6.08 Å². The molecule has 4 aliphatic rings. The maximum absolute atomic E-state index is 16.8. The minimum Gasteiger partial charge on any atom is -0.461 e. The van der Waals surface area contributed by atoms with Crippen molar-refractivity contribution in [2.75, 3.05) is 37.6 Å². The molecule has 0 amide bonds. The first-order chi connectivity index (χ1) is 21.5. The van der Waals surface area contributed by atoms with Gasteiger partial charge in [0.15, 0.2) is 5.82 Å². The van der Waals surface area contributed by atoms with Crippen LogP contribution in [0.2, 0.25) is 5.02 Å². The second-order valence-electron chi connectivity index (χ2n) is 12.1. The van der Waals surface area contributed by atoms with Gasteiger partial charge in [-0.3, -0.25) is 15.0 Å². The highest BCUT2D eigenvalue weighted by Gasteiger charge is 2.48. The summed E-state index contributed by atoms with van der Waals surface area (Å²) in [4.78, 5) is 17.4. The fourth-order valence-electron chi connectivity index (χ4n) is 7.31. The van der Waals surface area contributed by atoms with Crippen LogP contribution in [0.1, 0.15) is 40.4 Å². The summed E-state index contributed by atoms with van der Waals surface area (Å²) in [6.45, 7) is 1.02. The van der Waals surface area contributed by atoms with Gasteiger partial charge in [0.05, 0.1) is 30.4 Å². The highest BCUT2D eigenvalue weighted by Crippen LogP contribution is 2.44. The molecule has 1 unspecified atom stereocenters. The zero-order chi connectivity index (χ0) is 31.2. The summed E-state index contributed by atoms with van der Waals surface area (Å²) in [5, 5.41) is 11.8. The van der Waals surface area contributed by atoms with Crippen LogP contribution in [0.4, 0.5) is 19.0 Å². The third-order valence-corrected chi connectivity index (χ3v) is 9.86.